The molecule has 0 fully saturated rings. The minimum absolute atomic E-state index is 0.348. The van der Waals surface area contributed by atoms with Crippen LogP contribution in [0.4, 0.5) is 0 Å². The molecule has 0 saturated carbocycles. The van der Waals surface area contributed by atoms with E-state index in [0.717, 1.165) is 59.1 Å². The van der Waals surface area contributed by atoms with Crippen molar-refractivity contribution in [3.8, 4) is 0 Å². The lowest BCUT2D eigenvalue weighted by atomic mass is 9.89. The number of hydrogen-bond donors (Lipinski definition) is 1. The van der Waals surface area contributed by atoms with Crippen LogP contribution in [0.1, 0.15) is 40.9 Å². The summed E-state index contributed by atoms with van der Waals surface area (Å²) in [6.07, 6.45) is 4.11. The molecule has 1 aliphatic carbocycles. The van der Waals surface area contributed by atoms with Gasteiger partial charge in [-0.25, -0.2) is 0 Å². The van der Waals surface area contributed by atoms with Gasteiger partial charge in [-0.05, 0) is 74.4 Å². The van der Waals surface area contributed by atoms with Crippen molar-refractivity contribution < 1.29 is 14.0 Å². The average Bonchev–Trinajstić information content (AvgIpc) is 2.82. The smallest absolute Gasteiger partial charge is 0.259 e. The molecule has 2 heterocycles. The summed E-state index contributed by atoms with van der Waals surface area (Å²) >= 11 is 0. The highest BCUT2D eigenvalue weighted by Gasteiger charge is 2.22. The van der Waals surface area contributed by atoms with Crippen molar-refractivity contribution in [2.75, 3.05) is 0 Å². The lowest BCUT2D eigenvalue weighted by Crippen LogP contribution is -2.17. The molecule has 22 heavy (non-hydrogen) atoms. The fourth-order valence-corrected chi connectivity index (χ4v) is 3.76. The Balaban J connectivity index is 2.29. The Labute approximate surface area is 128 Å². The fraction of sp³-hybridized carbons (Fsp3) is 0.389. The zero-order valence-corrected chi connectivity index (χ0v) is 13.1. The molecule has 0 spiro atoms. The van der Waals surface area contributed by atoms with E-state index in [2.05, 4.69) is 19.0 Å². The Hall–Kier alpha value is -2.23. The Morgan fingerprint density at radius 1 is 1.00 bits per heavy atom. The van der Waals surface area contributed by atoms with Crippen LogP contribution in [0.3, 0.4) is 0 Å². The van der Waals surface area contributed by atoms with E-state index in [-0.39, 0.29) is 0 Å². The van der Waals surface area contributed by atoms with Crippen LogP contribution >= 0.6 is 0 Å². The maximum absolute atomic E-state index is 9.29. The van der Waals surface area contributed by atoms with E-state index in [4.69, 9.17) is 8.83 Å². The third-order valence-electron chi connectivity index (χ3n) is 4.93. The van der Waals surface area contributed by atoms with Gasteiger partial charge < -0.3 is 14.0 Å². The molecule has 0 amide bonds. The number of hydrogen-bond acceptors (Lipinski definition) is 4. The largest absolute Gasteiger partial charge is 0.460 e. The number of benzene rings is 1. The average molecular weight is 297 g/mol. The molecule has 114 valence electrons. The molecule has 4 nitrogen and oxygen atoms in total. The van der Waals surface area contributed by atoms with E-state index in [9.17, 15) is 5.21 Å². The second-order valence-corrected chi connectivity index (χ2v) is 6.23. The third kappa shape index (κ3) is 1.67. The Bertz CT molecular complexity index is 976. The van der Waals surface area contributed by atoms with E-state index in [1.165, 1.54) is 16.5 Å². The number of furan rings is 1. The number of rotatable bonds is 0. The van der Waals surface area contributed by atoms with Crippen LogP contribution < -0.4 is 5.55 Å². The molecule has 3 aromatic rings. The van der Waals surface area contributed by atoms with E-state index in [1.54, 1.807) is 0 Å². The molecule has 0 atom stereocenters. The second kappa shape index (κ2) is 4.63. The van der Waals surface area contributed by atoms with Gasteiger partial charge in [-0.3, -0.25) is 0 Å². The van der Waals surface area contributed by atoms with Crippen molar-refractivity contribution in [3.63, 3.8) is 0 Å². The molecule has 0 saturated heterocycles. The van der Waals surface area contributed by atoms with Crippen LogP contribution in [0.15, 0.2) is 20.1 Å². The van der Waals surface area contributed by atoms with Crippen molar-refractivity contribution in [1.82, 2.24) is 0 Å². The first-order valence-electron chi connectivity index (χ1n) is 7.77. The fourth-order valence-electron chi connectivity index (χ4n) is 3.76. The van der Waals surface area contributed by atoms with Crippen molar-refractivity contribution in [2.45, 2.75) is 46.5 Å². The summed E-state index contributed by atoms with van der Waals surface area (Å²) in [7, 11) is 0. The molecular weight excluding hydrogens is 278 g/mol. The summed E-state index contributed by atoms with van der Waals surface area (Å²) in [4.78, 5) is 0. The maximum atomic E-state index is 9.29. The van der Waals surface area contributed by atoms with Gasteiger partial charge in [0.05, 0.1) is 5.39 Å². The Morgan fingerprint density at radius 2 is 1.73 bits per heavy atom. The van der Waals surface area contributed by atoms with Gasteiger partial charge in [-0.2, -0.15) is 0 Å². The normalized spacial score (nSPS) is 15.7. The minimum Gasteiger partial charge on any atom is -0.460 e. The molecule has 1 aliphatic rings. The van der Waals surface area contributed by atoms with Crippen molar-refractivity contribution in [1.29, 1.82) is 0 Å². The summed E-state index contributed by atoms with van der Waals surface area (Å²) in [6.45, 7) is 6.16. The summed E-state index contributed by atoms with van der Waals surface area (Å²) in [5.74, 6) is 0.950. The van der Waals surface area contributed by atoms with Crippen LogP contribution in [0.25, 0.3) is 21.9 Å². The minimum atomic E-state index is 0.348. The first-order valence-corrected chi connectivity index (χ1v) is 7.77. The van der Waals surface area contributed by atoms with Gasteiger partial charge in [-0.1, -0.05) is 0 Å². The summed E-state index contributed by atoms with van der Waals surface area (Å²) < 4.78 is 12.0. The standard InChI is InChI=1S/C18H19NO3/c1-9-8-14-16(17-15(9)10(2)11(3)21-17)12-6-4-5-7-13(12)18(19-20)22-14/h8,20H,4-7H2,1-3H3. The van der Waals surface area contributed by atoms with Crippen LogP contribution in [0.5, 0.6) is 0 Å². The predicted octanol–water partition coefficient (Wildman–Crippen LogP) is 4.27. The molecule has 4 rings (SSSR count). The third-order valence-corrected chi connectivity index (χ3v) is 4.93. The van der Waals surface area contributed by atoms with Crippen molar-refractivity contribution >= 4 is 21.9 Å². The molecule has 0 bridgehead atoms. The molecule has 0 aliphatic heterocycles. The van der Waals surface area contributed by atoms with Crippen molar-refractivity contribution in [3.05, 3.63) is 39.6 Å². The topological polar surface area (TPSA) is 58.9 Å². The summed E-state index contributed by atoms with van der Waals surface area (Å²) in [5, 5.41) is 14.9. The van der Waals surface area contributed by atoms with Crippen molar-refractivity contribution in [2.24, 2.45) is 5.16 Å². The SMILES string of the molecule is Cc1oc2c(c(C)cc3oc(=NO)c4c(c32)CCCC4)c1C. The summed E-state index contributed by atoms with van der Waals surface area (Å²) in [5.41, 5.74) is 6.57. The molecule has 2 aromatic heterocycles. The van der Waals surface area contributed by atoms with Crippen LogP contribution in [-0.4, -0.2) is 5.21 Å². The Kier molecular flexibility index (Phi) is 2.83. The van der Waals surface area contributed by atoms with Crippen LogP contribution in [-0.2, 0) is 12.8 Å². The number of nitrogens with zero attached hydrogens (tertiary/aromatic N) is 1. The van der Waals surface area contributed by atoms with Gasteiger partial charge in [0.15, 0.2) is 0 Å². The monoisotopic (exact) mass is 297 g/mol. The molecule has 4 heteroatoms. The number of fused-ring (bicyclic) bond motifs is 5. The predicted molar refractivity (Wildman–Crippen MR) is 84.2 cm³/mol. The molecule has 1 N–H and O–H groups in total. The molecule has 1 aromatic carbocycles. The van der Waals surface area contributed by atoms with E-state index < -0.39 is 0 Å². The highest BCUT2D eigenvalue weighted by atomic mass is 16.5. The summed E-state index contributed by atoms with van der Waals surface area (Å²) in [6, 6.07) is 2.03. The zero-order chi connectivity index (χ0) is 15.4. The first-order chi connectivity index (χ1) is 10.6. The van der Waals surface area contributed by atoms with Gasteiger partial charge in [0, 0.05) is 10.9 Å². The highest BCUT2D eigenvalue weighted by Crippen LogP contribution is 2.37. The van der Waals surface area contributed by atoms with E-state index in [1.807, 2.05) is 13.0 Å². The van der Waals surface area contributed by atoms with Crippen LogP contribution in [0.2, 0.25) is 0 Å². The van der Waals surface area contributed by atoms with Gasteiger partial charge in [0.2, 0.25) is 0 Å². The molecule has 0 unspecified atom stereocenters. The molecular formula is C18H19NO3. The number of aryl methyl sites for hydroxylation is 4. The zero-order valence-electron chi connectivity index (χ0n) is 13.1. The van der Waals surface area contributed by atoms with Gasteiger partial charge in [-0.15, -0.1) is 0 Å². The highest BCUT2D eigenvalue weighted by molar-refractivity contribution is 6.07. The second-order valence-electron chi connectivity index (χ2n) is 6.23. The van der Waals surface area contributed by atoms with E-state index in [0.29, 0.717) is 5.55 Å². The first kappa shape index (κ1) is 13.4. The van der Waals surface area contributed by atoms with Gasteiger partial charge >= 0.3 is 0 Å². The lowest BCUT2D eigenvalue weighted by molar-refractivity contribution is 0.274. The maximum Gasteiger partial charge on any atom is 0.259 e. The lowest BCUT2D eigenvalue weighted by Gasteiger charge is -2.17. The Morgan fingerprint density at radius 3 is 2.45 bits per heavy atom. The molecule has 0 radical (unpaired) electrons. The van der Waals surface area contributed by atoms with E-state index >= 15 is 0 Å². The quantitative estimate of drug-likeness (QED) is 0.498. The van der Waals surface area contributed by atoms with Gasteiger partial charge in [0.1, 0.15) is 16.9 Å². The van der Waals surface area contributed by atoms with Crippen LogP contribution in [0, 0.1) is 20.8 Å². The van der Waals surface area contributed by atoms with Gasteiger partial charge in [0.25, 0.3) is 5.55 Å².